The van der Waals surface area contributed by atoms with Crippen molar-refractivity contribution in [1.82, 2.24) is 0 Å². The van der Waals surface area contributed by atoms with Gasteiger partial charge in [0.05, 0.1) is 6.10 Å². The number of benzene rings is 1. The standard InChI is InChI=1S/C19H26O4/c1-11-3-7-16(21)18(23)12(11)4-5-13-14-6-8-17(22)19(14,2)10-9-15(13)20/h3,7,13-14,17,21-23H,4-6,8-10H2,1-2H3/t13-,14-,17?,19-/m0/s1. The summed E-state index contributed by atoms with van der Waals surface area (Å²) >= 11 is 0. The Labute approximate surface area is 137 Å². The van der Waals surface area contributed by atoms with Crippen molar-refractivity contribution in [3.8, 4) is 11.5 Å². The highest BCUT2D eigenvalue weighted by Gasteiger charge is 2.53. The molecule has 2 aliphatic rings. The van der Waals surface area contributed by atoms with Gasteiger partial charge in [-0.05, 0) is 62.0 Å². The number of aromatic hydroxyl groups is 2. The van der Waals surface area contributed by atoms with Gasteiger partial charge in [0.25, 0.3) is 0 Å². The van der Waals surface area contributed by atoms with Gasteiger partial charge in [0, 0.05) is 17.9 Å². The maximum absolute atomic E-state index is 12.5. The lowest BCUT2D eigenvalue weighted by Gasteiger charge is -2.42. The van der Waals surface area contributed by atoms with Crippen molar-refractivity contribution < 1.29 is 20.1 Å². The Morgan fingerprint density at radius 2 is 2.00 bits per heavy atom. The van der Waals surface area contributed by atoms with E-state index in [9.17, 15) is 20.1 Å². The number of hydrogen-bond acceptors (Lipinski definition) is 4. The number of Topliss-reactive ketones (excluding diaryl/α,β-unsaturated/α-hetero) is 1. The summed E-state index contributed by atoms with van der Waals surface area (Å²) in [4.78, 5) is 12.5. The fraction of sp³-hybridized carbons (Fsp3) is 0.632. The van der Waals surface area contributed by atoms with E-state index >= 15 is 0 Å². The Morgan fingerprint density at radius 1 is 1.26 bits per heavy atom. The normalized spacial score (nSPS) is 33.7. The summed E-state index contributed by atoms with van der Waals surface area (Å²) < 4.78 is 0. The number of aryl methyl sites for hydroxylation is 1. The molecule has 2 saturated carbocycles. The van der Waals surface area contributed by atoms with Crippen LogP contribution in [0, 0.1) is 24.2 Å². The molecule has 4 nitrogen and oxygen atoms in total. The minimum atomic E-state index is -0.306. The van der Waals surface area contributed by atoms with Crippen molar-refractivity contribution in [2.75, 3.05) is 0 Å². The van der Waals surface area contributed by atoms with Crippen LogP contribution in [0.15, 0.2) is 12.1 Å². The van der Waals surface area contributed by atoms with E-state index in [-0.39, 0.29) is 34.9 Å². The van der Waals surface area contributed by atoms with Crippen LogP contribution >= 0.6 is 0 Å². The Balaban J connectivity index is 1.80. The van der Waals surface area contributed by atoms with Crippen LogP contribution in [0.25, 0.3) is 0 Å². The number of carbonyl (C=O) groups is 1. The lowest BCUT2D eigenvalue weighted by molar-refractivity contribution is -0.133. The molecule has 0 spiro atoms. The van der Waals surface area contributed by atoms with Gasteiger partial charge in [0.2, 0.25) is 0 Å². The van der Waals surface area contributed by atoms with Crippen molar-refractivity contribution in [2.24, 2.45) is 17.3 Å². The molecule has 1 aromatic rings. The zero-order chi connectivity index (χ0) is 16.8. The number of hydrogen-bond donors (Lipinski definition) is 3. The Bertz CT molecular complexity index is 624. The van der Waals surface area contributed by atoms with Crippen molar-refractivity contribution in [2.45, 2.75) is 58.5 Å². The SMILES string of the molecule is Cc1ccc(O)c(O)c1CC[C@@H]1C(=O)CC[C@]2(C)C(O)CC[C@@H]12. The van der Waals surface area contributed by atoms with Crippen LogP contribution in [0.4, 0.5) is 0 Å². The highest BCUT2D eigenvalue weighted by molar-refractivity contribution is 5.82. The van der Waals surface area contributed by atoms with Gasteiger partial charge in [-0.25, -0.2) is 0 Å². The lowest BCUT2D eigenvalue weighted by Crippen LogP contribution is -2.43. The molecule has 3 rings (SSSR count). The summed E-state index contributed by atoms with van der Waals surface area (Å²) in [7, 11) is 0. The first-order chi connectivity index (χ1) is 10.8. The third kappa shape index (κ3) is 2.63. The summed E-state index contributed by atoms with van der Waals surface area (Å²) in [5, 5.41) is 30.1. The third-order valence-corrected chi connectivity index (χ3v) is 6.37. The molecule has 0 aliphatic heterocycles. The second-order valence-electron chi connectivity index (χ2n) is 7.55. The van der Waals surface area contributed by atoms with Crippen molar-refractivity contribution in [3.63, 3.8) is 0 Å². The van der Waals surface area contributed by atoms with E-state index in [0.29, 0.717) is 25.0 Å². The molecule has 2 fully saturated rings. The van der Waals surface area contributed by atoms with Crippen LogP contribution in [-0.2, 0) is 11.2 Å². The number of rotatable bonds is 3. The molecule has 126 valence electrons. The fourth-order valence-electron chi connectivity index (χ4n) is 4.76. The molecular formula is C19H26O4. The molecule has 0 aromatic heterocycles. The van der Waals surface area contributed by atoms with Crippen LogP contribution in [0.2, 0.25) is 0 Å². The molecule has 0 radical (unpaired) electrons. The highest BCUT2D eigenvalue weighted by Crippen LogP contribution is 2.54. The first kappa shape index (κ1) is 16.3. The number of ketones is 1. The third-order valence-electron chi connectivity index (χ3n) is 6.37. The fourth-order valence-corrected chi connectivity index (χ4v) is 4.76. The maximum atomic E-state index is 12.5. The molecule has 4 atom stereocenters. The van der Waals surface area contributed by atoms with E-state index in [4.69, 9.17) is 0 Å². The lowest BCUT2D eigenvalue weighted by atomic mass is 9.62. The average molecular weight is 318 g/mol. The zero-order valence-electron chi connectivity index (χ0n) is 13.9. The van der Waals surface area contributed by atoms with Crippen LogP contribution in [0.3, 0.4) is 0 Å². The largest absolute Gasteiger partial charge is 0.504 e. The molecule has 0 saturated heterocycles. The van der Waals surface area contributed by atoms with Crippen LogP contribution < -0.4 is 0 Å². The van der Waals surface area contributed by atoms with Gasteiger partial charge >= 0.3 is 0 Å². The molecule has 1 aromatic carbocycles. The number of aliphatic hydroxyl groups excluding tert-OH is 1. The summed E-state index contributed by atoms with van der Waals surface area (Å²) in [6.07, 6.45) is 3.94. The highest BCUT2D eigenvalue weighted by atomic mass is 16.3. The van der Waals surface area contributed by atoms with Gasteiger partial charge in [0.15, 0.2) is 11.5 Å². The molecule has 4 heteroatoms. The average Bonchev–Trinajstić information content (AvgIpc) is 2.82. The predicted octanol–water partition coefficient (Wildman–Crippen LogP) is 3.10. The molecule has 1 unspecified atom stereocenters. The Kier molecular flexibility index (Phi) is 4.13. The molecule has 23 heavy (non-hydrogen) atoms. The van der Waals surface area contributed by atoms with E-state index in [2.05, 4.69) is 6.92 Å². The van der Waals surface area contributed by atoms with E-state index in [1.54, 1.807) is 6.07 Å². The Morgan fingerprint density at radius 3 is 2.74 bits per heavy atom. The van der Waals surface area contributed by atoms with Crippen molar-refractivity contribution in [1.29, 1.82) is 0 Å². The molecular weight excluding hydrogens is 292 g/mol. The first-order valence-corrected chi connectivity index (χ1v) is 8.55. The number of phenols is 2. The number of aliphatic hydroxyl groups is 1. The van der Waals surface area contributed by atoms with Crippen LogP contribution in [0.1, 0.15) is 50.2 Å². The van der Waals surface area contributed by atoms with E-state index < -0.39 is 0 Å². The quantitative estimate of drug-likeness (QED) is 0.748. The van der Waals surface area contributed by atoms with Crippen molar-refractivity contribution in [3.05, 3.63) is 23.3 Å². The van der Waals surface area contributed by atoms with Crippen LogP contribution in [-0.4, -0.2) is 27.2 Å². The number of carbonyl (C=O) groups excluding carboxylic acids is 1. The summed E-state index contributed by atoms with van der Waals surface area (Å²) in [5.41, 5.74) is 1.51. The Hall–Kier alpha value is -1.55. The maximum Gasteiger partial charge on any atom is 0.160 e. The van der Waals surface area contributed by atoms with Crippen LogP contribution in [0.5, 0.6) is 11.5 Å². The van der Waals surface area contributed by atoms with Gasteiger partial charge in [-0.15, -0.1) is 0 Å². The summed E-state index contributed by atoms with van der Waals surface area (Å²) in [6, 6.07) is 3.28. The van der Waals surface area contributed by atoms with E-state index in [0.717, 1.165) is 30.4 Å². The second kappa shape index (κ2) is 5.82. The zero-order valence-corrected chi connectivity index (χ0v) is 13.9. The van der Waals surface area contributed by atoms with Gasteiger partial charge < -0.3 is 15.3 Å². The van der Waals surface area contributed by atoms with E-state index in [1.807, 2.05) is 6.92 Å². The van der Waals surface area contributed by atoms with Gasteiger partial charge in [-0.2, -0.15) is 0 Å². The van der Waals surface area contributed by atoms with E-state index in [1.165, 1.54) is 6.07 Å². The van der Waals surface area contributed by atoms with Gasteiger partial charge in [0.1, 0.15) is 5.78 Å². The first-order valence-electron chi connectivity index (χ1n) is 8.55. The minimum absolute atomic E-state index is 0.0490. The summed E-state index contributed by atoms with van der Waals surface area (Å²) in [5.74, 6) is 0.300. The molecule has 3 N–H and O–H groups in total. The van der Waals surface area contributed by atoms with Gasteiger partial charge in [-0.3, -0.25) is 4.79 Å². The molecule has 0 heterocycles. The second-order valence-corrected chi connectivity index (χ2v) is 7.55. The molecule has 0 amide bonds. The summed E-state index contributed by atoms with van der Waals surface area (Å²) in [6.45, 7) is 4.02. The molecule has 2 aliphatic carbocycles. The molecule has 0 bridgehead atoms. The number of fused-ring (bicyclic) bond motifs is 1. The number of phenolic OH excluding ortho intramolecular Hbond substituents is 2. The topological polar surface area (TPSA) is 77.8 Å². The monoisotopic (exact) mass is 318 g/mol. The smallest absolute Gasteiger partial charge is 0.160 e. The minimum Gasteiger partial charge on any atom is -0.504 e. The van der Waals surface area contributed by atoms with Crippen molar-refractivity contribution >= 4 is 5.78 Å². The van der Waals surface area contributed by atoms with Gasteiger partial charge in [-0.1, -0.05) is 13.0 Å². The predicted molar refractivity (Wildman–Crippen MR) is 87.4 cm³/mol.